The number of hydrogen-bond acceptors (Lipinski definition) is 5. The molecule has 0 saturated heterocycles. The van der Waals surface area contributed by atoms with Crippen LogP contribution >= 0.6 is 0 Å². The second-order valence-electron chi connectivity index (χ2n) is 4.71. The van der Waals surface area contributed by atoms with E-state index < -0.39 is 48.4 Å². The van der Waals surface area contributed by atoms with Gasteiger partial charge in [-0.1, -0.05) is 6.92 Å². The van der Waals surface area contributed by atoms with Crippen molar-refractivity contribution in [1.82, 2.24) is 5.32 Å². The highest BCUT2D eigenvalue weighted by Crippen LogP contribution is 2.20. The molecule has 1 N–H and O–H groups in total. The molecule has 0 aromatic carbocycles. The Bertz CT molecular complexity index is 476. The molecule has 0 heterocycles. The first-order chi connectivity index (χ1) is 10.7. The largest absolute Gasteiger partial charge is 0.490 e. The number of hydrogen-bond donors (Lipinski definition) is 1. The van der Waals surface area contributed by atoms with Crippen LogP contribution in [-0.2, 0) is 23.9 Å². The molecule has 0 fully saturated rings. The molecule has 0 aromatic rings. The van der Waals surface area contributed by atoms with E-state index in [1.54, 1.807) is 6.92 Å². The van der Waals surface area contributed by atoms with E-state index in [0.29, 0.717) is 6.92 Å². The lowest BCUT2D eigenvalue weighted by Crippen LogP contribution is -2.54. The molecule has 1 amide bonds. The van der Waals surface area contributed by atoms with Crippen LogP contribution in [0.1, 0.15) is 27.2 Å². The van der Waals surface area contributed by atoms with Crippen molar-refractivity contribution in [3.63, 3.8) is 0 Å². The summed E-state index contributed by atoms with van der Waals surface area (Å²) in [5, 5.41) is 1.16. The van der Waals surface area contributed by atoms with E-state index in [1.165, 1.54) is 6.92 Å². The molecule has 0 aliphatic heterocycles. The van der Waals surface area contributed by atoms with Crippen LogP contribution in [0.3, 0.4) is 0 Å². The van der Waals surface area contributed by atoms with Gasteiger partial charge in [-0.15, -0.1) is 0 Å². The highest BCUT2D eigenvalue weighted by Gasteiger charge is 2.46. The van der Waals surface area contributed by atoms with E-state index in [4.69, 9.17) is 0 Å². The second kappa shape index (κ2) is 8.20. The van der Waals surface area contributed by atoms with Crippen LogP contribution in [-0.4, -0.2) is 48.4 Å². The molecule has 0 bridgehead atoms. The fourth-order valence-corrected chi connectivity index (χ4v) is 1.25. The Kier molecular flexibility index (Phi) is 7.51. The lowest BCUT2D eigenvalue weighted by atomic mass is 10.1. The first-order valence-electron chi connectivity index (χ1n) is 6.56. The van der Waals surface area contributed by atoms with Crippen molar-refractivity contribution in [1.29, 1.82) is 0 Å². The van der Waals surface area contributed by atoms with Gasteiger partial charge in [0.05, 0.1) is 6.10 Å². The zero-order valence-corrected chi connectivity index (χ0v) is 12.7. The summed E-state index contributed by atoms with van der Waals surface area (Å²) in [6.07, 6.45) is -13.4. The fraction of sp³-hybridized carbons (Fsp3) is 0.750. The molecule has 0 aliphatic rings. The fourth-order valence-electron chi connectivity index (χ4n) is 1.25. The lowest BCUT2D eigenvalue weighted by molar-refractivity contribution is -0.206. The Hall–Kier alpha value is -2.01. The van der Waals surface area contributed by atoms with Crippen molar-refractivity contribution in [2.24, 2.45) is 0 Å². The lowest BCUT2D eigenvalue weighted by Gasteiger charge is -2.25. The molecule has 6 nitrogen and oxygen atoms in total. The molecule has 0 rings (SSSR count). The van der Waals surface area contributed by atoms with E-state index in [9.17, 15) is 40.7 Å². The van der Waals surface area contributed by atoms with Crippen LogP contribution in [0.2, 0.25) is 0 Å². The maximum Gasteiger partial charge on any atom is 0.490 e. The van der Waals surface area contributed by atoms with Crippen molar-refractivity contribution < 1.29 is 50.2 Å². The third kappa shape index (κ3) is 7.04. The van der Waals surface area contributed by atoms with Crippen LogP contribution < -0.4 is 5.32 Å². The van der Waals surface area contributed by atoms with Gasteiger partial charge < -0.3 is 14.8 Å². The van der Waals surface area contributed by atoms with Crippen molar-refractivity contribution in [3.8, 4) is 0 Å². The van der Waals surface area contributed by atoms with Gasteiger partial charge in [0.1, 0.15) is 6.10 Å². The molecular weight excluding hydrogens is 352 g/mol. The second-order valence-corrected chi connectivity index (χ2v) is 4.71. The SMILES string of the molecule is CCC(C)OC(=O)[C@@H](NC(=O)C(F)(F)F)[C@@H](C)OC(=O)C(F)(F)F. The topological polar surface area (TPSA) is 81.7 Å². The zero-order chi connectivity index (χ0) is 19.3. The van der Waals surface area contributed by atoms with Crippen molar-refractivity contribution >= 4 is 17.8 Å². The first kappa shape index (κ1) is 22.0. The number of carbonyl (C=O) groups is 3. The molecule has 1 unspecified atom stereocenters. The third-order valence-electron chi connectivity index (χ3n) is 2.68. The van der Waals surface area contributed by atoms with Gasteiger partial charge in [0.15, 0.2) is 6.04 Å². The summed E-state index contributed by atoms with van der Waals surface area (Å²) in [5.41, 5.74) is 0. The summed E-state index contributed by atoms with van der Waals surface area (Å²) in [6.45, 7) is 3.64. The maximum absolute atomic E-state index is 12.3. The number of nitrogens with one attached hydrogen (secondary N) is 1. The Labute approximate surface area is 132 Å². The van der Waals surface area contributed by atoms with E-state index in [1.807, 2.05) is 0 Å². The van der Waals surface area contributed by atoms with E-state index in [2.05, 4.69) is 9.47 Å². The van der Waals surface area contributed by atoms with Crippen molar-refractivity contribution in [2.75, 3.05) is 0 Å². The minimum Gasteiger partial charge on any atom is -0.461 e. The van der Waals surface area contributed by atoms with Gasteiger partial charge in [0.2, 0.25) is 0 Å². The standard InChI is InChI=1S/C12H15F6NO5/c1-4-5(2)23-8(20)7(19-9(21)11(13,14)15)6(3)24-10(22)12(16,17)18/h5-7H,4H2,1-3H3,(H,19,21)/t5?,6-,7+/m1/s1. The normalized spacial score (nSPS) is 15.9. The summed E-state index contributed by atoms with van der Waals surface area (Å²) in [5.74, 6) is -6.79. The average Bonchev–Trinajstić information content (AvgIpc) is 2.41. The van der Waals surface area contributed by atoms with E-state index in [-0.39, 0.29) is 6.42 Å². The van der Waals surface area contributed by atoms with Crippen LogP contribution in [0.15, 0.2) is 0 Å². The molecule has 0 saturated carbocycles. The maximum atomic E-state index is 12.3. The molecular formula is C12H15F6NO5. The Morgan fingerprint density at radius 1 is 0.958 bits per heavy atom. The Morgan fingerprint density at radius 3 is 1.83 bits per heavy atom. The summed E-state index contributed by atoms with van der Waals surface area (Å²) in [4.78, 5) is 33.4. The third-order valence-corrected chi connectivity index (χ3v) is 2.68. The number of carbonyl (C=O) groups excluding carboxylic acids is 3. The number of amides is 1. The van der Waals surface area contributed by atoms with Crippen LogP contribution in [0.25, 0.3) is 0 Å². The van der Waals surface area contributed by atoms with Gasteiger partial charge in [-0.2, -0.15) is 26.3 Å². The zero-order valence-electron chi connectivity index (χ0n) is 12.7. The van der Waals surface area contributed by atoms with Gasteiger partial charge in [0, 0.05) is 0 Å². The summed E-state index contributed by atoms with van der Waals surface area (Å²) in [6, 6.07) is -2.26. The van der Waals surface area contributed by atoms with Gasteiger partial charge in [0.25, 0.3) is 0 Å². The van der Waals surface area contributed by atoms with Gasteiger partial charge in [-0.25, -0.2) is 9.59 Å². The van der Waals surface area contributed by atoms with Gasteiger partial charge in [-0.3, -0.25) is 4.79 Å². The predicted molar refractivity (Wildman–Crippen MR) is 65.4 cm³/mol. The molecule has 24 heavy (non-hydrogen) atoms. The molecule has 3 atom stereocenters. The van der Waals surface area contributed by atoms with Crippen LogP contribution in [0.5, 0.6) is 0 Å². The van der Waals surface area contributed by atoms with Gasteiger partial charge >= 0.3 is 30.2 Å². The quantitative estimate of drug-likeness (QED) is 0.573. The molecule has 0 spiro atoms. The highest BCUT2D eigenvalue weighted by molar-refractivity contribution is 5.88. The molecule has 0 radical (unpaired) electrons. The van der Waals surface area contributed by atoms with Crippen LogP contribution in [0, 0.1) is 0 Å². The highest BCUT2D eigenvalue weighted by atomic mass is 19.4. The van der Waals surface area contributed by atoms with Crippen molar-refractivity contribution in [2.45, 2.75) is 57.8 Å². The average molecular weight is 367 g/mol. The molecule has 0 aliphatic carbocycles. The van der Waals surface area contributed by atoms with E-state index >= 15 is 0 Å². The summed E-state index contributed by atoms with van der Waals surface area (Å²) < 4.78 is 81.7. The minimum absolute atomic E-state index is 0.252. The minimum atomic E-state index is -5.42. The summed E-state index contributed by atoms with van der Waals surface area (Å²) in [7, 11) is 0. The Morgan fingerprint density at radius 2 is 1.46 bits per heavy atom. The van der Waals surface area contributed by atoms with E-state index in [0.717, 1.165) is 5.32 Å². The molecule has 140 valence electrons. The van der Waals surface area contributed by atoms with Gasteiger partial charge in [-0.05, 0) is 20.3 Å². The first-order valence-corrected chi connectivity index (χ1v) is 6.56. The monoisotopic (exact) mass is 367 g/mol. The van der Waals surface area contributed by atoms with Crippen molar-refractivity contribution in [3.05, 3.63) is 0 Å². The predicted octanol–water partition coefficient (Wildman–Crippen LogP) is 1.87. The smallest absolute Gasteiger partial charge is 0.461 e. The number of ether oxygens (including phenoxy) is 2. The number of esters is 2. The van der Waals surface area contributed by atoms with Crippen LogP contribution in [0.4, 0.5) is 26.3 Å². The molecule has 12 heteroatoms. The molecule has 0 aromatic heterocycles. The Balaban J connectivity index is 5.27. The number of rotatable bonds is 6. The number of halogens is 6. The number of alkyl halides is 6. The summed E-state index contributed by atoms with van der Waals surface area (Å²) >= 11 is 0.